The van der Waals surface area contributed by atoms with Gasteiger partial charge in [0.15, 0.2) is 5.03 Å². The van der Waals surface area contributed by atoms with Gasteiger partial charge in [-0.15, -0.1) is 0 Å². The number of sulfonamides is 1. The van der Waals surface area contributed by atoms with E-state index >= 15 is 0 Å². The molecule has 0 aliphatic rings. The minimum atomic E-state index is -4.18. The summed E-state index contributed by atoms with van der Waals surface area (Å²) in [6, 6.07) is -1.19. The van der Waals surface area contributed by atoms with Gasteiger partial charge in [0.2, 0.25) is 5.91 Å². The molecule has 20 heavy (non-hydrogen) atoms. The number of amides is 1. The standard InChI is InChI=1S/C10H16N4O5S/c1-5(2)12-8(15)6(3)14-20(18,19)9-7(10(16)17)4-11-13-9/h4-6,14H,1-3H3,(H,11,13)(H,12,15)(H,16,17). The van der Waals surface area contributed by atoms with E-state index in [2.05, 4.69) is 20.2 Å². The molecule has 0 aliphatic heterocycles. The van der Waals surface area contributed by atoms with E-state index in [0.29, 0.717) is 0 Å². The summed E-state index contributed by atoms with van der Waals surface area (Å²) >= 11 is 0. The Morgan fingerprint density at radius 2 is 1.95 bits per heavy atom. The van der Waals surface area contributed by atoms with Gasteiger partial charge in [0.1, 0.15) is 5.56 Å². The fraction of sp³-hybridized carbons (Fsp3) is 0.500. The van der Waals surface area contributed by atoms with Crippen molar-refractivity contribution in [2.24, 2.45) is 0 Å². The lowest BCUT2D eigenvalue weighted by atomic mass is 10.3. The summed E-state index contributed by atoms with van der Waals surface area (Å²) in [6.07, 6.45) is 0.885. The number of aromatic amines is 1. The fourth-order valence-electron chi connectivity index (χ4n) is 1.39. The Balaban J connectivity index is 2.93. The van der Waals surface area contributed by atoms with Crippen molar-refractivity contribution in [3.05, 3.63) is 11.8 Å². The number of rotatable bonds is 6. The van der Waals surface area contributed by atoms with E-state index in [9.17, 15) is 18.0 Å². The Kier molecular flexibility index (Phi) is 4.84. The smallest absolute Gasteiger partial charge is 0.340 e. The van der Waals surface area contributed by atoms with Gasteiger partial charge < -0.3 is 10.4 Å². The molecule has 0 fully saturated rings. The van der Waals surface area contributed by atoms with Crippen molar-refractivity contribution in [3.63, 3.8) is 0 Å². The van der Waals surface area contributed by atoms with Crippen molar-refractivity contribution in [1.82, 2.24) is 20.2 Å². The zero-order valence-corrected chi connectivity index (χ0v) is 12.0. The van der Waals surface area contributed by atoms with Crippen LogP contribution in [0.25, 0.3) is 0 Å². The molecule has 1 aromatic heterocycles. The van der Waals surface area contributed by atoms with Crippen LogP contribution in [0.5, 0.6) is 0 Å². The molecule has 0 radical (unpaired) electrons. The SMILES string of the molecule is CC(C)NC(=O)C(C)NS(=O)(=O)c1[nH]ncc1C(=O)O. The lowest BCUT2D eigenvalue weighted by Crippen LogP contribution is -2.46. The number of nitrogens with zero attached hydrogens (tertiary/aromatic N) is 1. The van der Waals surface area contributed by atoms with E-state index in [1.807, 2.05) is 0 Å². The summed E-state index contributed by atoms with van der Waals surface area (Å²) in [5, 5.41) is 16.3. The van der Waals surface area contributed by atoms with E-state index in [0.717, 1.165) is 6.20 Å². The first kappa shape index (κ1) is 16.1. The minimum absolute atomic E-state index is 0.142. The van der Waals surface area contributed by atoms with Crippen LogP contribution >= 0.6 is 0 Å². The van der Waals surface area contributed by atoms with Crippen LogP contribution in [0.15, 0.2) is 11.2 Å². The molecule has 1 unspecified atom stereocenters. The summed E-state index contributed by atoms with van der Waals surface area (Å²) < 4.78 is 26.1. The highest BCUT2D eigenvalue weighted by atomic mass is 32.2. The molecule has 0 spiro atoms. The Hall–Kier alpha value is -1.94. The van der Waals surface area contributed by atoms with Crippen LogP contribution in [0.2, 0.25) is 0 Å². The molecule has 1 amide bonds. The Morgan fingerprint density at radius 1 is 1.35 bits per heavy atom. The van der Waals surface area contributed by atoms with Crippen molar-refractivity contribution >= 4 is 21.9 Å². The van der Waals surface area contributed by atoms with E-state index in [-0.39, 0.29) is 6.04 Å². The minimum Gasteiger partial charge on any atom is -0.478 e. The molecular formula is C10H16N4O5S. The average molecular weight is 304 g/mol. The second-order valence-electron chi connectivity index (χ2n) is 4.42. The first-order valence-corrected chi connectivity index (χ1v) is 7.23. The quantitative estimate of drug-likeness (QED) is 0.547. The Bertz CT molecular complexity index is 607. The van der Waals surface area contributed by atoms with Gasteiger partial charge in [0, 0.05) is 6.04 Å². The first-order chi connectivity index (χ1) is 9.15. The number of carbonyl (C=O) groups is 2. The monoisotopic (exact) mass is 304 g/mol. The third kappa shape index (κ3) is 3.78. The van der Waals surface area contributed by atoms with Crippen LogP contribution < -0.4 is 10.0 Å². The predicted octanol–water partition coefficient (Wildman–Crippen LogP) is -0.701. The van der Waals surface area contributed by atoms with Gasteiger partial charge in [-0.2, -0.15) is 9.82 Å². The van der Waals surface area contributed by atoms with Gasteiger partial charge in [-0.1, -0.05) is 0 Å². The molecule has 1 atom stereocenters. The molecule has 0 saturated carbocycles. The zero-order chi connectivity index (χ0) is 15.5. The van der Waals surface area contributed by atoms with E-state index < -0.39 is 38.5 Å². The number of aromatic carboxylic acids is 1. The van der Waals surface area contributed by atoms with Crippen LogP contribution in [-0.4, -0.2) is 47.7 Å². The number of hydrogen-bond acceptors (Lipinski definition) is 5. The topological polar surface area (TPSA) is 141 Å². The van der Waals surface area contributed by atoms with Crippen LogP contribution in [0.4, 0.5) is 0 Å². The summed E-state index contributed by atoms with van der Waals surface area (Å²) in [4.78, 5) is 22.5. The zero-order valence-electron chi connectivity index (χ0n) is 11.2. The van der Waals surface area contributed by atoms with Crippen LogP contribution in [0.1, 0.15) is 31.1 Å². The maximum absolute atomic E-state index is 12.0. The fourth-order valence-corrected chi connectivity index (χ4v) is 2.68. The second-order valence-corrected chi connectivity index (χ2v) is 6.08. The van der Waals surface area contributed by atoms with Crippen LogP contribution in [-0.2, 0) is 14.8 Å². The highest BCUT2D eigenvalue weighted by Crippen LogP contribution is 2.12. The molecule has 0 aliphatic carbocycles. The maximum atomic E-state index is 12.0. The van der Waals surface area contributed by atoms with Gasteiger partial charge in [-0.25, -0.2) is 13.2 Å². The molecule has 112 valence electrons. The van der Waals surface area contributed by atoms with Crippen molar-refractivity contribution in [2.45, 2.75) is 37.9 Å². The normalized spacial score (nSPS) is 13.2. The largest absolute Gasteiger partial charge is 0.478 e. The summed E-state index contributed by atoms with van der Waals surface area (Å²) in [7, 11) is -4.18. The van der Waals surface area contributed by atoms with Crippen molar-refractivity contribution < 1.29 is 23.1 Å². The molecule has 0 saturated heterocycles. The third-order valence-corrected chi connectivity index (χ3v) is 3.77. The highest BCUT2D eigenvalue weighted by Gasteiger charge is 2.28. The van der Waals surface area contributed by atoms with Gasteiger partial charge >= 0.3 is 5.97 Å². The molecule has 0 bridgehead atoms. The average Bonchev–Trinajstić information content (AvgIpc) is 2.76. The molecule has 1 aromatic rings. The number of nitrogens with one attached hydrogen (secondary N) is 3. The van der Waals surface area contributed by atoms with Gasteiger partial charge in [0.05, 0.1) is 12.2 Å². The van der Waals surface area contributed by atoms with Gasteiger partial charge in [0.25, 0.3) is 10.0 Å². The lowest BCUT2D eigenvalue weighted by Gasteiger charge is -2.15. The Labute approximate surface area is 115 Å². The number of carboxylic acid groups (broad SMARTS) is 1. The van der Waals surface area contributed by atoms with E-state index in [1.54, 1.807) is 13.8 Å². The number of H-pyrrole nitrogens is 1. The Morgan fingerprint density at radius 3 is 2.45 bits per heavy atom. The van der Waals surface area contributed by atoms with Crippen LogP contribution in [0.3, 0.4) is 0 Å². The number of hydrogen-bond donors (Lipinski definition) is 4. The molecule has 1 heterocycles. The summed E-state index contributed by atoms with van der Waals surface area (Å²) in [5.41, 5.74) is -0.492. The van der Waals surface area contributed by atoms with Crippen LogP contribution in [0, 0.1) is 0 Å². The van der Waals surface area contributed by atoms with E-state index in [4.69, 9.17) is 5.11 Å². The van der Waals surface area contributed by atoms with Crippen molar-refractivity contribution in [3.8, 4) is 0 Å². The lowest BCUT2D eigenvalue weighted by molar-refractivity contribution is -0.122. The number of aromatic nitrogens is 2. The molecule has 9 nitrogen and oxygen atoms in total. The van der Waals surface area contributed by atoms with Crippen molar-refractivity contribution in [1.29, 1.82) is 0 Å². The molecule has 4 N–H and O–H groups in total. The van der Waals surface area contributed by atoms with E-state index in [1.165, 1.54) is 6.92 Å². The molecule has 0 aromatic carbocycles. The van der Waals surface area contributed by atoms with Gasteiger partial charge in [-0.05, 0) is 20.8 Å². The molecule has 10 heteroatoms. The van der Waals surface area contributed by atoms with Gasteiger partial charge in [-0.3, -0.25) is 9.89 Å². The highest BCUT2D eigenvalue weighted by molar-refractivity contribution is 7.89. The molecular weight excluding hydrogens is 288 g/mol. The maximum Gasteiger partial charge on any atom is 0.340 e. The molecule has 1 rings (SSSR count). The second kappa shape index (κ2) is 6.01. The number of carbonyl (C=O) groups excluding carboxylic acids is 1. The van der Waals surface area contributed by atoms with Crippen molar-refractivity contribution in [2.75, 3.05) is 0 Å². The predicted molar refractivity (Wildman–Crippen MR) is 68.6 cm³/mol. The number of carboxylic acids is 1. The third-order valence-electron chi connectivity index (χ3n) is 2.26. The first-order valence-electron chi connectivity index (χ1n) is 5.74. The summed E-state index contributed by atoms with van der Waals surface area (Å²) in [6.45, 7) is 4.82. The summed E-state index contributed by atoms with van der Waals surface area (Å²) in [5.74, 6) is -1.95.